The van der Waals surface area contributed by atoms with Gasteiger partial charge in [0.1, 0.15) is 6.54 Å². The van der Waals surface area contributed by atoms with E-state index in [0.29, 0.717) is 10.7 Å². The van der Waals surface area contributed by atoms with Gasteiger partial charge in [0, 0.05) is 22.6 Å². The van der Waals surface area contributed by atoms with Crippen molar-refractivity contribution in [1.82, 2.24) is 9.97 Å². The number of hydrogen-bond donors (Lipinski definition) is 2. The van der Waals surface area contributed by atoms with Crippen molar-refractivity contribution >= 4 is 66.5 Å². The van der Waals surface area contributed by atoms with Crippen LogP contribution in [-0.2, 0) is 24.8 Å². The number of aromatic nitrogens is 2. The zero-order valence-electron chi connectivity index (χ0n) is 20.2. The molecule has 0 saturated carbocycles. The van der Waals surface area contributed by atoms with Crippen molar-refractivity contribution in [1.29, 1.82) is 0 Å². The van der Waals surface area contributed by atoms with Crippen LogP contribution in [0.3, 0.4) is 0 Å². The van der Waals surface area contributed by atoms with E-state index < -0.39 is 32.5 Å². The highest BCUT2D eigenvalue weighted by molar-refractivity contribution is 7.93. The maximum atomic E-state index is 13.5. The smallest absolute Gasteiger partial charge is 0.264 e. The van der Waals surface area contributed by atoms with Crippen molar-refractivity contribution in [2.45, 2.75) is 16.7 Å². The fraction of sp³-hybridized carbons (Fsp3) is 0.0800. The minimum Gasteiger partial charge on any atom is -0.325 e. The number of carbonyl (C=O) groups excluding carboxylic acids is 1. The molecule has 4 aromatic rings. The third-order valence-corrected chi connectivity index (χ3v) is 8.92. The van der Waals surface area contributed by atoms with Crippen LogP contribution in [0.1, 0.15) is 5.69 Å². The second-order valence-electron chi connectivity index (χ2n) is 8.12. The van der Waals surface area contributed by atoms with Crippen molar-refractivity contribution in [3.05, 3.63) is 101 Å². The fourth-order valence-corrected chi connectivity index (χ4v) is 6.40. The molecule has 1 heterocycles. The number of amides is 1. The molecule has 0 atom stereocenters. The maximum Gasteiger partial charge on any atom is 0.264 e. The first-order chi connectivity index (χ1) is 18.5. The van der Waals surface area contributed by atoms with Crippen LogP contribution in [0.4, 0.5) is 17.3 Å². The Bertz CT molecular complexity index is 1720. The highest BCUT2D eigenvalue weighted by atomic mass is 35.5. The van der Waals surface area contributed by atoms with E-state index in [1.54, 1.807) is 31.2 Å². The summed E-state index contributed by atoms with van der Waals surface area (Å²) in [5.41, 5.74) is 0.889. The number of hydrogen-bond acceptors (Lipinski definition) is 7. The molecule has 14 heteroatoms. The van der Waals surface area contributed by atoms with E-state index in [4.69, 9.17) is 23.2 Å². The number of nitrogens with zero attached hydrogens (tertiary/aromatic N) is 3. The van der Waals surface area contributed by atoms with Gasteiger partial charge in [-0.3, -0.25) is 9.10 Å². The van der Waals surface area contributed by atoms with Crippen LogP contribution >= 0.6 is 23.2 Å². The SMILES string of the molecule is Cc1ccnc(NS(=O)(=O)c2ccc(NC(=O)CN(c3ccc(Cl)cc3Cl)S(=O)(=O)c3ccccc3)cc2)n1. The molecule has 202 valence electrons. The van der Waals surface area contributed by atoms with Gasteiger partial charge in [-0.25, -0.2) is 31.5 Å². The van der Waals surface area contributed by atoms with Crippen LogP contribution < -0.4 is 14.3 Å². The lowest BCUT2D eigenvalue weighted by Crippen LogP contribution is -2.38. The molecule has 3 aromatic carbocycles. The summed E-state index contributed by atoms with van der Waals surface area (Å²) >= 11 is 12.3. The van der Waals surface area contributed by atoms with Crippen LogP contribution in [0.2, 0.25) is 10.0 Å². The highest BCUT2D eigenvalue weighted by Crippen LogP contribution is 2.32. The molecule has 2 N–H and O–H groups in total. The molecule has 0 spiro atoms. The summed E-state index contributed by atoms with van der Waals surface area (Å²) in [6, 6.07) is 18.8. The molecule has 0 radical (unpaired) electrons. The van der Waals surface area contributed by atoms with E-state index in [1.807, 2.05) is 0 Å². The summed E-state index contributed by atoms with van der Waals surface area (Å²) in [7, 11) is -8.18. The van der Waals surface area contributed by atoms with Gasteiger partial charge in [-0.05, 0) is 67.6 Å². The van der Waals surface area contributed by atoms with Crippen molar-refractivity contribution < 1.29 is 21.6 Å². The topological polar surface area (TPSA) is 138 Å². The van der Waals surface area contributed by atoms with E-state index in [-0.39, 0.29) is 32.1 Å². The Labute approximate surface area is 235 Å². The molecular weight excluding hydrogens is 585 g/mol. The van der Waals surface area contributed by atoms with Gasteiger partial charge in [0.25, 0.3) is 20.0 Å². The average molecular weight is 607 g/mol. The molecule has 4 rings (SSSR count). The Balaban J connectivity index is 1.55. The molecule has 0 aliphatic heterocycles. The highest BCUT2D eigenvalue weighted by Gasteiger charge is 2.29. The van der Waals surface area contributed by atoms with E-state index in [1.165, 1.54) is 60.8 Å². The molecule has 39 heavy (non-hydrogen) atoms. The van der Waals surface area contributed by atoms with Gasteiger partial charge in [0.2, 0.25) is 11.9 Å². The maximum absolute atomic E-state index is 13.5. The number of sulfonamides is 2. The number of anilines is 3. The van der Waals surface area contributed by atoms with Crippen LogP contribution in [0.15, 0.2) is 94.9 Å². The number of carbonyl (C=O) groups is 1. The number of benzene rings is 3. The van der Waals surface area contributed by atoms with Crippen LogP contribution in [0.25, 0.3) is 0 Å². The summed E-state index contributed by atoms with van der Waals surface area (Å²) < 4.78 is 55.4. The Hall–Kier alpha value is -3.71. The third kappa shape index (κ3) is 6.84. The van der Waals surface area contributed by atoms with Crippen LogP contribution in [0, 0.1) is 6.92 Å². The first kappa shape index (κ1) is 28.3. The van der Waals surface area contributed by atoms with Gasteiger partial charge in [-0.1, -0.05) is 41.4 Å². The van der Waals surface area contributed by atoms with E-state index in [0.717, 1.165) is 4.31 Å². The van der Waals surface area contributed by atoms with Crippen molar-refractivity contribution in [3.8, 4) is 0 Å². The van der Waals surface area contributed by atoms with Gasteiger partial charge in [0.05, 0.1) is 20.5 Å². The Morgan fingerprint density at radius 3 is 2.23 bits per heavy atom. The van der Waals surface area contributed by atoms with Crippen molar-refractivity contribution in [3.63, 3.8) is 0 Å². The number of aryl methyl sites for hydroxylation is 1. The van der Waals surface area contributed by atoms with E-state index in [2.05, 4.69) is 20.0 Å². The minimum atomic E-state index is -4.19. The van der Waals surface area contributed by atoms with Crippen molar-refractivity contribution in [2.75, 3.05) is 20.9 Å². The summed E-state index contributed by atoms with van der Waals surface area (Å²) in [5, 5.41) is 2.91. The standard InChI is InChI=1S/C25H21Cl2N5O5S2/c1-17-13-14-28-25(29-17)31-38(34,35)20-10-8-19(9-11-20)30-24(33)16-32(23-12-7-18(26)15-22(23)27)39(36,37)21-5-3-2-4-6-21/h2-15H,16H2,1H3,(H,30,33)(H,28,29,31). The lowest BCUT2D eigenvalue weighted by Gasteiger charge is -2.25. The molecule has 10 nitrogen and oxygen atoms in total. The Morgan fingerprint density at radius 1 is 0.897 bits per heavy atom. The molecule has 1 amide bonds. The number of nitrogens with one attached hydrogen (secondary N) is 2. The zero-order chi connectivity index (χ0) is 28.2. The lowest BCUT2D eigenvalue weighted by molar-refractivity contribution is -0.114. The molecule has 1 aromatic heterocycles. The first-order valence-electron chi connectivity index (χ1n) is 11.2. The number of rotatable bonds is 9. The van der Waals surface area contributed by atoms with Crippen LogP contribution in [-0.4, -0.2) is 39.3 Å². The zero-order valence-corrected chi connectivity index (χ0v) is 23.4. The van der Waals surface area contributed by atoms with Crippen molar-refractivity contribution in [2.24, 2.45) is 0 Å². The van der Waals surface area contributed by atoms with Gasteiger partial charge in [0.15, 0.2) is 0 Å². The lowest BCUT2D eigenvalue weighted by atomic mass is 10.3. The number of halogens is 2. The second-order valence-corrected chi connectivity index (χ2v) is 12.5. The summed E-state index contributed by atoms with van der Waals surface area (Å²) in [6.45, 7) is 1.08. The molecule has 0 unspecified atom stereocenters. The third-order valence-electron chi connectivity index (χ3n) is 5.27. The van der Waals surface area contributed by atoms with Gasteiger partial charge < -0.3 is 5.32 Å². The normalized spacial score (nSPS) is 11.6. The predicted molar refractivity (Wildman–Crippen MR) is 150 cm³/mol. The molecule has 0 aliphatic rings. The first-order valence-corrected chi connectivity index (χ1v) is 14.9. The van der Waals surface area contributed by atoms with Gasteiger partial charge >= 0.3 is 0 Å². The minimum absolute atomic E-state index is 0.0365. The quantitative estimate of drug-likeness (QED) is 0.281. The molecule has 0 bridgehead atoms. The summed E-state index contributed by atoms with van der Waals surface area (Å²) in [5.74, 6) is -0.768. The van der Waals surface area contributed by atoms with Crippen LogP contribution in [0.5, 0.6) is 0 Å². The Kier molecular flexibility index (Phi) is 8.40. The molecule has 0 aliphatic carbocycles. The van der Waals surface area contributed by atoms with E-state index in [9.17, 15) is 21.6 Å². The van der Waals surface area contributed by atoms with Gasteiger partial charge in [-0.15, -0.1) is 0 Å². The second kappa shape index (κ2) is 11.6. The molecule has 0 fully saturated rings. The average Bonchev–Trinajstić information content (AvgIpc) is 2.88. The van der Waals surface area contributed by atoms with E-state index >= 15 is 0 Å². The molecular formula is C25H21Cl2N5O5S2. The molecule has 0 saturated heterocycles. The predicted octanol–water partition coefficient (Wildman–Crippen LogP) is 4.73. The largest absolute Gasteiger partial charge is 0.325 e. The summed E-state index contributed by atoms with van der Waals surface area (Å²) in [6.07, 6.45) is 1.43. The fourth-order valence-electron chi connectivity index (χ4n) is 3.43. The Morgan fingerprint density at radius 2 is 1.59 bits per heavy atom. The van der Waals surface area contributed by atoms with Gasteiger partial charge in [-0.2, -0.15) is 0 Å². The summed E-state index contributed by atoms with van der Waals surface area (Å²) in [4.78, 5) is 20.7. The monoisotopic (exact) mass is 605 g/mol.